The minimum Gasteiger partial charge on any atom is -0.379 e. The second kappa shape index (κ2) is 4.94. The first-order valence-corrected chi connectivity index (χ1v) is 5.02. The van der Waals surface area contributed by atoms with E-state index in [1.807, 2.05) is 36.4 Å². The summed E-state index contributed by atoms with van der Waals surface area (Å²) in [5, 5.41) is 12.0. The van der Waals surface area contributed by atoms with Crippen LogP contribution < -0.4 is 5.32 Å². The van der Waals surface area contributed by atoms with Gasteiger partial charge < -0.3 is 5.32 Å². The van der Waals surface area contributed by atoms with Crippen LogP contribution in [0.15, 0.2) is 48.7 Å². The van der Waals surface area contributed by atoms with Crippen molar-refractivity contribution in [2.75, 3.05) is 5.32 Å². The van der Waals surface area contributed by atoms with Crippen molar-refractivity contribution in [3.63, 3.8) is 0 Å². The number of hydrogen-bond donors (Lipinski definition) is 1. The summed E-state index contributed by atoms with van der Waals surface area (Å²) in [4.78, 5) is 4.21. The standard InChI is InChI=1S/C13H11N3/c14-9-11-4-3-6-12(8-11)16-10-13-5-1-2-7-15-13/h1-8,16H,10H2. The quantitative estimate of drug-likeness (QED) is 0.845. The summed E-state index contributed by atoms with van der Waals surface area (Å²) in [5.74, 6) is 0. The molecule has 16 heavy (non-hydrogen) atoms. The van der Waals surface area contributed by atoms with Crippen molar-refractivity contribution in [2.24, 2.45) is 0 Å². The maximum atomic E-state index is 8.76. The highest BCUT2D eigenvalue weighted by atomic mass is 14.9. The minimum atomic E-state index is 0.658. The van der Waals surface area contributed by atoms with Gasteiger partial charge in [0, 0.05) is 11.9 Å². The summed E-state index contributed by atoms with van der Waals surface area (Å²) in [6.07, 6.45) is 1.77. The number of pyridine rings is 1. The van der Waals surface area contributed by atoms with Crippen molar-refractivity contribution in [2.45, 2.75) is 6.54 Å². The highest BCUT2D eigenvalue weighted by molar-refractivity contribution is 5.49. The molecule has 78 valence electrons. The lowest BCUT2D eigenvalue weighted by molar-refractivity contribution is 1.05. The lowest BCUT2D eigenvalue weighted by Crippen LogP contribution is -2.00. The Kier molecular flexibility index (Phi) is 3.15. The van der Waals surface area contributed by atoms with E-state index >= 15 is 0 Å². The van der Waals surface area contributed by atoms with E-state index in [9.17, 15) is 0 Å². The van der Waals surface area contributed by atoms with Crippen molar-refractivity contribution >= 4 is 5.69 Å². The van der Waals surface area contributed by atoms with E-state index in [1.165, 1.54) is 0 Å². The summed E-state index contributed by atoms with van der Waals surface area (Å²) in [5.41, 5.74) is 2.57. The summed E-state index contributed by atoms with van der Waals surface area (Å²) in [6.45, 7) is 0.662. The van der Waals surface area contributed by atoms with E-state index in [-0.39, 0.29) is 0 Å². The van der Waals surface area contributed by atoms with Crippen molar-refractivity contribution < 1.29 is 0 Å². The SMILES string of the molecule is N#Cc1cccc(NCc2ccccn2)c1. The molecular formula is C13H11N3. The van der Waals surface area contributed by atoms with Gasteiger partial charge in [0.25, 0.3) is 0 Å². The molecule has 1 aromatic carbocycles. The van der Waals surface area contributed by atoms with Gasteiger partial charge in [0.1, 0.15) is 0 Å². The van der Waals surface area contributed by atoms with Crippen LogP contribution in [0.1, 0.15) is 11.3 Å². The first-order valence-electron chi connectivity index (χ1n) is 5.02. The molecule has 0 spiro atoms. The van der Waals surface area contributed by atoms with Gasteiger partial charge in [-0.3, -0.25) is 4.98 Å². The zero-order valence-electron chi connectivity index (χ0n) is 8.72. The van der Waals surface area contributed by atoms with Crippen LogP contribution in [0.2, 0.25) is 0 Å². The van der Waals surface area contributed by atoms with Crippen LogP contribution >= 0.6 is 0 Å². The lowest BCUT2D eigenvalue weighted by Gasteiger charge is -2.05. The Labute approximate surface area is 94.4 Å². The molecule has 0 radical (unpaired) electrons. The Morgan fingerprint density at radius 1 is 1.19 bits per heavy atom. The largest absolute Gasteiger partial charge is 0.379 e. The molecular weight excluding hydrogens is 198 g/mol. The normalized spacial score (nSPS) is 9.44. The number of nitrogens with one attached hydrogen (secondary N) is 1. The Bertz CT molecular complexity index is 500. The minimum absolute atomic E-state index is 0.658. The van der Waals surface area contributed by atoms with Crippen LogP contribution in [0.3, 0.4) is 0 Å². The van der Waals surface area contributed by atoms with Crippen molar-refractivity contribution in [1.82, 2.24) is 4.98 Å². The zero-order valence-corrected chi connectivity index (χ0v) is 8.72. The number of hydrogen-bond acceptors (Lipinski definition) is 3. The Morgan fingerprint density at radius 3 is 2.88 bits per heavy atom. The molecule has 0 unspecified atom stereocenters. The molecule has 0 bridgehead atoms. The third-order valence-corrected chi connectivity index (χ3v) is 2.19. The summed E-state index contributed by atoms with van der Waals surface area (Å²) < 4.78 is 0. The average molecular weight is 209 g/mol. The topological polar surface area (TPSA) is 48.7 Å². The number of nitriles is 1. The fourth-order valence-electron chi connectivity index (χ4n) is 1.39. The zero-order chi connectivity index (χ0) is 11.2. The molecule has 0 aliphatic heterocycles. The molecule has 3 nitrogen and oxygen atoms in total. The first-order chi connectivity index (χ1) is 7.88. The van der Waals surface area contributed by atoms with Crippen LogP contribution in [0.4, 0.5) is 5.69 Å². The maximum Gasteiger partial charge on any atom is 0.0992 e. The molecule has 0 aliphatic rings. The van der Waals surface area contributed by atoms with E-state index in [1.54, 1.807) is 12.3 Å². The molecule has 3 heteroatoms. The lowest BCUT2D eigenvalue weighted by atomic mass is 10.2. The van der Waals surface area contributed by atoms with Gasteiger partial charge in [0.05, 0.1) is 23.9 Å². The van der Waals surface area contributed by atoms with Gasteiger partial charge in [-0.25, -0.2) is 0 Å². The molecule has 2 aromatic rings. The van der Waals surface area contributed by atoms with Crippen LogP contribution in [-0.4, -0.2) is 4.98 Å². The Balaban J connectivity index is 2.03. The molecule has 1 heterocycles. The predicted molar refractivity (Wildman–Crippen MR) is 62.7 cm³/mol. The number of rotatable bonds is 3. The molecule has 0 saturated carbocycles. The van der Waals surface area contributed by atoms with Crippen LogP contribution in [0, 0.1) is 11.3 Å². The second-order valence-corrected chi connectivity index (χ2v) is 3.37. The van der Waals surface area contributed by atoms with Crippen molar-refractivity contribution in [3.8, 4) is 6.07 Å². The van der Waals surface area contributed by atoms with Gasteiger partial charge in [0.15, 0.2) is 0 Å². The second-order valence-electron chi connectivity index (χ2n) is 3.37. The fourth-order valence-corrected chi connectivity index (χ4v) is 1.39. The first kappa shape index (κ1) is 10.2. The molecule has 0 amide bonds. The number of aromatic nitrogens is 1. The fraction of sp³-hybridized carbons (Fsp3) is 0.0769. The summed E-state index contributed by atoms with van der Waals surface area (Å²) >= 11 is 0. The van der Waals surface area contributed by atoms with Crippen molar-refractivity contribution in [1.29, 1.82) is 5.26 Å². The van der Waals surface area contributed by atoms with E-state index < -0.39 is 0 Å². The highest BCUT2D eigenvalue weighted by Gasteiger charge is 1.95. The van der Waals surface area contributed by atoms with Gasteiger partial charge in [-0.05, 0) is 30.3 Å². The predicted octanol–water partition coefficient (Wildman–Crippen LogP) is 2.57. The average Bonchev–Trinajstić information content (AvgIpc) is 2.38. The third-order valence-electron chi connectivity index (χ3n) is 2.19. The van der Waals surface area contributed by atoms with E-state index in [0.29, 0.717) is 12.1 Å². The molecule has 0 fully saturated rings. The van der Waals surface area contributed by atoms with E-state index in [0.717, 1.165) is 11.4 Å². The van der Waals surface area contributed by atoms with Gasteiger partial charge in [-0.1, -0.05) is 12.1 Å². The number of anilines is 1. The van der Waals surface area contributed by atoms with Gasteiger partial charge in [0.2, 0.25) is 0 Å². The van der Waals surface area contributed by atoms with Crippen molar-refractivity contribution in [3.05, 3.63) is 59.9 Å². The monoisotopic (exact) mass is 209 g/mol. The third kappa shape index (κ3) is 2.58. The number of nitrogens with zero attached hydrogens (tertiary/aromatic N) is 2. The van der Waals surface area contributed by atoms with E-state index in [2.05, 4.69) is 16.4 Å². The molecule has 0 atom stereocenters. The Hall–Kier alpha value is -2.34. The molecule has 1 aromatic heterocycles. The van der Waals surface area contributed by atoms with Gasteiger partial charge in [-0.15, -0.1) is 0 Å². The van der Waals surface area contributed by atoms with Crippen LogP contribution in [0.5, 0.6) is 0 Å². The van der Waals surface area contributed by atoms with E-state index in [4.69, 9.17) is 5.26 Å². The maximum absolute atomic E-state index is 8.76. The van der Waals surface area contributed by atoms with Gasteiger partial charge >= 0.3 is 0 Å². The molecule has 0 aliphatic carbocycles. The molecule has 1 N–H and O–H groups in total. The summed E-state index contributed by atoms with van der Waals surface area (Å²) in [7, 11) is 0. The highest BCUT2D eigenvalue weighted by Crippen LogP contribution is 2.10. The van der Waals surface area contributed by atoms with Gasteiger partial charge in [-0.2, -0.15) is 5.26 Å². The molecule has 0 saturated heterocycles. The van der Waals surface area contributed by atoms with Crippen LogP contribution in [0.25, 0.3) is 0 Å². The molecule has 2 rings (SSSR count). The smallest absolute Gasteiger partial charge is 0.0992 e. The number of benzene rings is 1. The van der Waals surface area contributed by atoms with Crippen LogP contribution in [-0.2, 0) is 6.54 Å². The Morgan fingerprint density at radius 2 is 2.12 bits per heavy atom. The summed E-state index contributed by atoms with van der Waals surface area (Å²) in [6, 6.07) is 15.3.